The number of benzene rings is 4. The van der Waals surface area contributed by atoms with Crippen LogP contribution in [0.5, 0.6) is 0 Å². The molecule has 0 aliphatic heterocycles. The van der Waals surface area contributed by atoms with Gasteiger partial charge in [-0.1, -0.05) is 0 Å². The van der Waals surface area contributed by atoms with E-state index >= 15 is 0 Å². The Morgan fingerprint density at radius 3 is 1.65 bits per heavy atom. The predicted molar refractivity (Wildman–Crippen MR) is 147 cm³/mol. The Morgan fingerprint density at radius 1 is 0.735 bits per heavy atom. The van der Waals surface area contributed by atoms with E-state index in [4.69, 9.17) is 4.98 Å². The van der Waals surface area contributed by atoms with Crippen molar-refractivity contribution in [3.05, 3.63) is 132 Å². The summed E-state index contributed by atoms with van der Waals surface area (Å²) in [6, 6.07) is 39.7. The molecule has 5 aromatic rings. The van der Waals surface area contributed by atoms with Crippen molar-refractivity contribution in [3.63, 3.8) is 0 Å². The summed E-state index contributed by atoms with van der Waals surface area (Å²) in [5, 5.41) is 1.30. The van der Waals surface area contributed by atoms with E-state index in [1.165, 1.54) is 10.7 Å². The minimum atomic E-state index is -3.76. The van der Waals surface area contributed by atoms with Gasteiger partial charge in [-0.15, -0.1) is 0 Å². The van der Waals surface area contributed by atoms with Crippen LogP contribution in [0.3, 0.4) is 0 Å². The van der Waals surface area contributed by atoms with Crippen LogP contribution in [0.15, 0.2) is 132 Å². The van der Waals surface area contributed by atoms with Crippen LogP contribution in [-0.4, -0.2) is 26.5 Å². The number of fused-ring (bicyclic) bond motifs is 1. The van der Waals surface area contributed by atoms with E-state index in [2.05, 4.69) is 97.6 Å². The number of allylic oxidation sites excluding steroid dienone is 1. The first-order valence-corrected chi connectivity index (χ1v) is 19.7. The zero-order chi connectivity index (χ0) is 23.5. The summed E-state index contributed by atoms with van der Waals surface area (Å²) in [6.45, 7) is 6.00. The van der Waals surface area contributed by atoms with E-state index in [9.17, 15) is 4.79 Å². The van der Waals surface area contributed by atoms with Crippen LogP contribution in [0, 0.1) is 0 Å². The second-order valence-electron chi connectivity index (χ2n) is 8.17. The monoisotopic (exact) mass is 568 g/mol. The molecule has 0 spiro atoms. The van der Waals surface area contributed by atoms with Crippen molar-refractivity contribution in [1.82, 2.24) is 9.55 Å². The Balaban J connectivity index is 1.87. The maximum atomic E-state index is 13.6. The van der Waals surface area contributed by atoms with Crippen LogP contribution in [0.2, 0.25) is 0 Å². The molecular weight excluding hydrogens is 543 g/mol. The second-order valence-corrected chi connectivity index (χ2v) is 23.4. The van der Waals surface area contributed by atoms with Crippen molar-refractivity contribution in [2.24, 2.45) is 0 Å². The van der Waals surface area contributed by atoms with Crippen molar-refractivity contribution in [1.29, 1.82) is 0 Å². The summed E-state index contributed by atoms with van der Waals surface area (Å²) in [5.41, 5.74) is 1.30. The molecule has 0 aliphatic carbocycles. The summed E-state index contributed by atoms with van der Waals surface area (Å²) in [5.74, 6) is 0. The van der Waals surface area contributed by atoms with Crippen LogP contribution in [0.1, 0.15) is 6.92 Å². The van der Waals surface area contributed by atoms with Gasteiger partial charge in [-0.25, -0.2) is 0 Å². The Bertz CT molecular complexity index is 1420. The van der Waals surface area contributed by atoms with Crippen molar-refractivity contribution < 1.29 is 0 Å². The molecule has 5 heteroatoms. The first kappa shape index (κ1) is 22.7. The fraction of sp³-hybridized carbons (Fsp3) is 0.0345. The van der Waals surface area contributed by atoms with Gasteiger partial charge in [-0.3, -0.25) is 0 Å². The summed E-state index contributed by atoms with van der Waals surface area (Å²) in [4.78, 5) is 18.6. The zero-order valence-corrected chi connectivity index (χ0v) is 22.6. The van der Waals surface area contributed by atoms with E-state index in [0.29, 0.717) is 21.8 Å². The Labute approximate surface area is 206 Å². The maximum absolute atomic E-state index is 13.6. The number of hydrogen-bond acceptors (Lipinski definition) is 3. The molecule has 5 rings (SSSR count). The number of rotatable bonds is 6. The quantitative estimate of drug-likeness (QED) is 0.222. The van der Waals surface area contributed by atoms with E-state index in [1.54, 1.807) is 13.5 Å². The molecule has 0 unspecified atom stereocenters. The number of aromatic nitrogens is 2. The molecular formula is C29H24N2OSSn. The SMILES string of the molecule is C=C(C)n1c([S][Sn]([c]2ccccc2)([c]2ccccc2)[c]2ccccc2)nc2ccccc2c1=O. The van der Waals surface area contributed by atoms with Crippen LogP contribution in [0.4, 0.5) is 0 Å². The van der Waals surface area contributed by atoms with Crippen molar-refractivity contribution in [2.45, 2.75) is 12.1 Å². The molecule has 0 saturated heterocycles. The third kappa shape index (κ3) is 4.01. The summed E-state index contributed by atoms with van der Waals surface area (Å²) in [6.07, 6.45) is 0. The molecule has 1 heterocycles. The molecule has 0 N–H and O–H groups in total. The van der Waals surface area contributed by atoms with Gasteiger partial charge in [-0.05, 0) is 0 Å². The Kier molecular flexibility index (Phi) is 6.44. The molecule has 0 fully saturated rings. The van der Waals surface area contributed by atoms with Gasteiger partial charge >= 0.3 is 207 Å². The van der Waals surface area contributed by atoms with Gasteiger partial charge in [0.15, 0.2) is 0 Å². The topological polar surface area (TPSA) is 34.9 Å². The van der Waals surface area contributed by atoms with Crippen molar-refractivity contribution in [2.75, 3.05) is 0 Å². The van der Waals surface area contributed by atoms with Crippen LogP contribution in [-0.2, 0) is 0 Å². The Hall–Kier alpha value is -3.09. The molecule has 0 bridgehead atoms. The molecule has 1 aromatic heterocycles. The van der Waals surface area contributed by atoms with Gasteiger partial charge in [0.1, 0.15) is 0 Å². The van der Waals surface area contributed by atoms with E-state index < -0.39 is 17.0 Å². The van der Waals surface area contributed by atoms with Gasteiger partial charge < -0.3 is 0 Å². The molecule has 3 nitrogen and oxygen atoms in total. The van der Waals surface area contributed by atoms with Gasteiger partial charge in [0, 0.05) is 0 Å². The van der Waals surface area contributed by atoms with Crippen molar-refractivity contribution in [3.8, 4) is 0 Å². The molecule has 0 aliphatic rings. The average Bonchev–Trinajstić information content (AvgIpc) is 2.89. The average molecular weight is 567 g/mol. The van der Waals surface area contributed by atoms with E-state index in [-0.39, 0.29) is 5.56 Å². The third-order valence-corrected chi connectivity index (χ3v) is 25.4. The molecule has 0 amide bonds. The van der Waals surface area contributed by atoms with Crippen LogP contribution >= 0.6 is 8.95 Å². The number of para-hydroxylation sites is 1. The van der Waals surface area contributed by atoms with Crippen molar-refractivity contribution >= 4 is 53.3 Å². The molecule has 34 heavy (non-hydrogen) atoms. The second kappa shape index (κ2) is 9.64. The van der Waals surface area contributed by atoms with Crippen LogP contribution < -0.4 is 16.3 Å². The van der Waals surface area contributed by atoms with Gasteiger partial charge in [-0.2, -0.15) is 0 Å². The Morgan fingerprint density at radius 2 is 1.18 bits per heavy atom. The first-order valence-electron chi connectivity index (χ1n) is 11.1. The van der Waals surface area contributed by atoms with E-state index in [0.717, 1.165) is 0 Å². The molecule has 0 atom stereocenters. The normalized spacial score (nSPS) is 11.4. The third-order valence-electron chi connectivity index (χ3n) is 5.91. The molecule has 4 aromatic carbocycles. The number of nitrogens with zero attached hydrogens (tertiary/aromatic N) is 2. The number of hydrogen-bond donors (Lipinski definition) is 0. The summed E-state index contributed by atoms with van der Waals surface area (Å²) < 4.78 is 5.63. The summed E-state index contributed by atoms with van der Waals surface area (Å²) >= 11 is -3.76. The fourth-order valence-corrected chi connectivity index (χ4v) is 23.3. The standard InChI is InChI=1S/C11H10N2OS.3C6H5.Sn/c1-7(2)13-10(14)8-5-3-4-6-9(8)12-11(13)15;3*1-2-4-6-5-3-1;/h3-6H,1H2,2H3,(H,12,15);3*1-5H;/q;;;;+1/p-1. The fourth-order valence-electron chi connectivity index (χ4n) is 4.35. The predicted octanol–water partition coefficient (Wildman–Crippen LogP) is 4.65. The zero-order valence-electron chi connectivity index (χ0n) is 18.9. The van der Waals surface area contributed by atoms with Gasteiger partial charge in [0.25, 0.3) is 0 Å². The van der Waals surface area contributed by atoms with Gasteiger partial charge in [0.05, 0.1) is 0 Å². The minimum absolute atomic E-state index is 0.0741. The molecule has 0 radical (unpaired) electrons. The summed E-state index contributed by atoms with van der Waals surface area (Å²) in [7, 11) is 1.78. The molecule has 0 saturated carbocycles. The molecule has 166 valence electrons. The van der Waals surface area contributed by atoms with Crippen LogP contribution in [0.25, 0.3) is 16.6 Å². The van der Waals surface area contributed by atoms with E-state index in [1.807, 2.05) is 31.2 Å². The van der Waals surface area contributed by atoms with Gasteiger partial charge in [0.2, 0.25) is 0 Å². The first-order chi connectivity index (χ1) is 16.6.